The third-order valence-corrected chi connectivity index (χ3v) is 1.61. The quantitative estimate of drug-likeness (QED) is 0.468. The number of rotatable bonds is 4. The molecule has 0 unspecified atom stereocenters. The largest absolute Gasteiger partial charge is 0.463 e. The van der Waals surface area contributed by atoms with Crippen molar-refractivity contribution in [3.05, 3.63) is 12.2 Å². The Bertz CT molecular complexity index is 164. The molecule has 0 bridgehead atoms. The van der Waals surface area contributed by atoms with Gasteiger partial charge in [-0.25, -0.2) is 4.79 Å². The molecule has 0 spiro atoms. The van der Waals surface area contributed by atoms with Gasteiger partial charge in [-0.15, -0.1) is 0 Å². The molecule has 12 heavy (non-hydrogen) atoms. The first kappa shape index (κ1) is 11.2. The molecule has 0 heterocycles. The molecule has 0 saturated carbocycles. The van der Waals surface area contributed by atoms with Gasteiger partial charge in [0, 0.05) is 12.1 Å². The van der Waals surface area contributed by atoms with E-state index in [-0.39, 0.29) is 12.0 Å². The van der Waals surface area contributed by atoms with Gasteiger partial charge in [0.25, 0.3) is 0 Å². The van der Waals surface area contributed by atoms with Crippen LogP contribution in [0.25, 0.3) is 0 Å². The molecule has 0 aromatic rings. The number of likely N-dealkylation sites (N-methyl/N-ethyl adjacent to an activating group) is 1. The van der Waals surface area contributed by atoms with Gasteiger partial charge in [0.2, 0.25) is 0 Å². The second kappa shape index (κ2) is 5.77. The molecule has 0 aliphatic heterocycles. The molecule has 0 radical (unpaired) electrons. The molecule has 0 aliphatic rings. The zero-order chi connectivity index (χ0) is 9.56. The monoisotopic (exact) mass is 171 g/mol. The minimum atomic E-state index is -0.272. The highest BCUT2D eigenvalue weighted by molar-refractivity contribution is 5.81. The highest BCUT2D eigenvalue weighted by Crippen LogP contribution is 1.93. The minimum Gasteiger partial charge on any atom is -0.463 e. The van der Waals surface area contributed by atoms with Crippen LogP contribution in [0.1, 0.15) is 13.8 Å². The van der Waals surface area contributed by atoms with E-state index in [2.05, 4.69) is 0 Å². The summed E-state index contributed by atoms with van der Waals surface area (Å²) in [5, 5.41) is 0. The van der Waals surface area contributed by atoms with E-state index >= 15 is 0 Å². The Morgan fingerprint density at radius 1 is 1.58 bits per heavy atom. The summed E-state index contributed by atoms with van der Waals surface area (Å²) >= 11 is 0. The van der Waals surface area contributed by atoms with Crippen LogP contribution in [0.5, 0.6) is 0 Å². The first-order valence-electron chi connectivity index (χ1n) is 4.09. The van der Waals surface area contributed by atoms with Crippen molar-refractivity contribution in [3.63, 3.8) is 0 Å². The van der Waals surface area contributed by atoms with Crippen molar-refractivity contribution in [2.24, 2.45) is 0 Å². The summed E-state index contributed by atoms with van der Waals surface area (Å²) in [6, 6.07) is 0.259. The number of hydrogen-bond donors (Lipinski definition) is 0. The van der Waals surface area contributed by atoms with Crippen LogP contribution in [-0.2, 0) is 9.53 Å². The summed E-state index contributed by atoms with van der Waals surface area (Å²) in [6.07, 6.45) is 3.28. The van der Waals surface area contributed by atoms with E-state index in [9.17, 15) is 4.79 Å². The highest BCUT2D eigenvalue weighted by atomic mass is 16.5. The summed E-state index contributed by atoms with van der Waals surface area (Å²) in [4.78, 5) is 12.9. The normalized spacial score (nSPS) is 13.8. The maximum absolute atomic E-state index is 10.8. The topological polar surface area (TPSA) is 29.5 Å². The fourth-order valence-electron chi connectivity index (χ4n) is 0.580. The lowest BCUT2D eigenvalue weighted by Crippen LogP contribution is -2.22. The lowest BCUT2D eigenvalue weighted by molar-refractivity contribution is -0.137. The molecular weight excluding hydrogens is 154 g/mol. The number of hydrogen-bond acceptors (Lipinski definition) is 3. The molecule has 0 aliphatic carbocycles. The van der Waals surface area contributed by atoms with Crippen molar-refractivity contribution in [1.29, 1.82) is 0 Å². The SMILES string of the molecule is CCOC(=O)/C=C/[C@@H](C)N(C)C. The molecule has 0 aromatic carbocycles. The molecule has 3 nitrogen and oxygen atoms in total. The smallest absolute Gasteiger partial charge is 0.330 e. The van der Waals surface area contributed by atoms with Crippen LogP contribution in [0.3, 0.4) is 0 Å². The Morgan fingerprint density at radius 2 is 2.17 bits per heavy atom. The zero-order valence-electron chi connectivity index (χ0n) is 8.20. The average Bonchev–Trinajstić information content (AvgIpc) is 2.00. The van der Waals surface area contributed by atoms with Crippen LogP contribution in [0.15, 0.2) is 12.2 Å². The number of ether oxygens (including phenoxy) is 1. The Hall–Kier alpha value is -0.830. The summed E-state index contributed by atoms with van der Waals surface area (Å²) in [5.74, 6) is -0.272. The lowest BCUT2D eigenvalue weighted by Gasteiger charge is -2.14. The molecule has 0 aromatic heterocycles. The van der Waals surface area contributed by atoms with Crippen LogP contribution in [0, 0.1) is 0 Å². The van der Waals surface area contributed by atoms with E-state index in [1.54, 1.807) is 6.92 Å². The Kier molecular flexibility index (Phi) is 5.37. The van der Waals surface area contributed by atoms with Crippen LogP contribution in [0.2, 0.25) is 0 Å². The fraction of sp³-hybridized carbons (Fsp3) is 0.667. The number of carbonyl (C=O) groups excluding carboxylic acids is 1. The Labute approximate surface area is 74.0 Å². The van der Waals surface area contributed by atoms with Gasteiger partial charge >= 0.3 is 5.97 Å². The zero-order valence-corrected chi connectivity index (χ0v) is 8.20. The van der Waals surface area contributed by atoms with E-state index in [4.69, 9.17) is 4.74 Å². The number of esters is 1. The third kappa shape index (κ3) is 4.91. The average molecular weight is 171 g/mol. The number of nitrogens with zero attached hydrogens (tertiary/aromatic N) is 1. The van der Waals surface area contributed by atoms with Crippen molar-refractivity contribution in [2.45, 2.75) is 19.9 Å². The first-order valence-corrected chi connectivity index (χ1v) is 4.09. The number of carbonyl (C=O) groups is 1. The van der Waals surface area contributed by atoms with Gasteiger partial charge in [-0.05, 0) is 27.9 Å². The van der Waals surface area contributed by atoms with Crippen molar-refractivity contribution >= 4 is 5.97 Å². The van der Waals surface area contributed by atoms with Crippen molar-refractivity contribution in [2.75, 3.05) is 20.7 Å². The van der Waals surface area contributed by atoms with Gasteiger partial charge in [0.1, 0.15) is 0 Å². The van der Waals surface area contributed by atoms with Crippen molar-refractivity contribution in [1.82, 2.24) is 4.90 Å². The predicted molar refractivity (Wildman–Crippen MR) is 48.9 cm³/mol. The lowest BCUT2D eigenvalue weighted by atomic mass is 10.3. The highest BCUT2D eigenvalue weighted by Gasteiger charge is 2.00. The Morgan fingerprint density at radius 3 is 2.58 bits per heavy atom. The van der Waals surface area contributed by atoms with Crippen molar-refractivity contribution < 1.29 is 9.53 Å². The van der Waals surface area contributed by atoms with E-state index in [1.807, 2.05) is 32.0 Å². The maximum atomic E-state index is 10.8. The molecular formula is C9H17NO2. The molecule has 70 valence electrons. The Balaban J connectivity index is 3.81. The molecule has 3 heteroatoms. The summed E-state index contributed by atoms with van der Waals surface area (Å²) in [5.41, 5.74) is 0. The van der Waals surface area contributed by atoms with Crippen LogP contribution in [-0.4, -0.2) is 37.6 Å². The van der Waals surface area contributed by atoms with Gasteiger partial charge in [-0.1, -0.05) is 6.08 Å². The summed E-state index contributed by atoms with van der Waals surface area (Å²) in [6.45, 7) is 4.23. The summed E-state index contributed by atoms with van der Waals surface area (Å²) < 4.78 is 4.73. The van der Waals surface area contributed by atoms with E-state index in [0.29, 0.717) is 6.61 Å². The van der Waals surface area contributed by atoms with E-state index in [0.717, 1.165) is 0 Å². The van der Waals surface area contributed by atoms with Gasteiger partial charge in [-0.3, -0.25) is 0 Å². The van der Waals surface area contributed by atoms with Crippen LogP contribution < -0.4 is 0 Å². The molecule has 0 rings (SSSR count). The fourth-order valence-corrected chi connectivity index (χ4v) is 0.580. The van der Waals surface area contributed by atoms with E-state index < -0.39 is 0 Å². The van der Waals surface area contributed by atoms with E-state index in [1.165, 1.54) is 6.08 Å². The summed E-state index contributed by atoms with van der Waals surface area (Å²) in [7, 11) is 3.92. The van der Waals surface area contributed by atoms with Gasteiger partial charge in [-0.2, -0.15) is 0 Å². The third-order valence-electron chi connectivity index (χ3n) is 1.61. The first-order chi connectivity index (χ1) is 5.57. The molecule has 0 N–H and O–H groups in total. The van der Waals surface area contributed by atoms with Crippen LogP contribution in [0.4, 0.5) is 0 Å². The van der Waals surface area contributed by atoms with Crippen molar-refractivity contribution in [3.8, 4) is 0 Å². The van der Waals surface area contributed by atoms with Gasteiger partial charge in [0.05, 0.1) is 6.61 Å². The second-order valence-electron chi connectivity index (χ2n) is 2.82. The minimum absolute atomic E-state index is 0.259. The molecule has 0 fully saturated rings. The van der Waals surface area contributed by atoms with Crippen LogP contribution >= 0.6 is 0 Å². The second-order valence-corrected chi connectivity index (χ2v) is 2.82. The van der Waals surface area contributed by atoms with Gasteiger partial charge < -0.3 is 9.64 Å². The standard InChI is InChI=1S/C9H17NO2/c1-5-12-9(11)7-6-8(2)10(3)4/h6-8H,5H2,1-4H3/b7-6+/t8-/m1/s1. The molecule has 1 atom stereocenters. The maximum Gasteiger partial charge on any atom is 0.330 e. The predicted octanol–water partition coefficient (Wildman–Crippen LogP) is 1.06. The van der Waals surface area contributed by atoms with Gasteiger partial charge in [0.15, 0.2) is 0 Å². The molecule has 0 saturated heterocycles. The molecule has 0 amide bonds.